The Morgan fingerprint density at radius 3 is 1.98 bits per heavy atom. The Morgan fingerprint density at radius 2 is 1.34 bits per heavy atom. The van der Waals surface area contributed by atoms with E-state index >= 15 is 0 Å². The number of rotatable bonds is 4. The van der Waals surface area contributed by atoms with Gasteiger partial charge in [0.05, 0.1) is 10.3 Å². The highest BCUT2D eigenvalue weighted by Crippen LogP contribution is 2.58. The minimum Gasteiger partial charge on any atom is -0.310 e. The van der Waals surface area contributed by atoms with E-state index < -0.39 is 0 Å². The lowest BCUT2D eigenvalue weighted by Crippen LogP contribution is -2.16. The summed E-state index contributed by atoms with van der Waals surface area (Å²) in [5.41, 5.74) is 8.47. The molecule has 0 atom stereocenters. The average molecular weight is 586 g/mol. The van der Waals surface area contributed by atoms with Gasteiger partial charge in [-0.05, 0) is 65.2 Å². The van der Waals surface area contributed by atoms with E-state index in [-0.39, 0.29) is 22.6 Å². The summed E-state index contributed by atoms with van der Waals surface area (Å²) in [5, 5.41) is 3.56. The van der Waals surface area contributed by atoms with E-state index in [1.54, 1.807) is 28.2 Å². The molecule has 6 heteroatoms. The molecule has 41 heavy (non-hydrogen) atoms. The highest BCUT2D eigenvalue weighted by atomic mass is 32.1. The van der Waals surface area contributed by atoms with Gasteiger partial charge in [-0.15, -0.1) is 22.7 Å². The summed E-state index contributed by atoms with van der Waals surface area (Å²) in [4.78, 5) is 30.3. The summed E-state index contributed by atoms with van der Waals surface area (Å²) in [7, 11) is 0. The molecule has 3 aromatic heterocycles. The zero-order valence-electron chi connectivity index (χ0n) is 22.3. The number of nitrogens with zero attached hydrogens (tertiary/aromatic N) is 1. The van der Waals surface area contributed by atoms with Crippen LogP contribution in [-0.2, 0) is 5.41 Å². The van der Waals surface area contributed by atoms with Crippen molar-refractivity contribution < 1.29 is 9.59 Å². The largest absolute Gasteiger partial charge is 0.310 e. The van der Waals surface area contributed by atoms with Crippen molar-refractivity contribution in [2.45, 2.75) is 19.3 Å². The molecule has 198 valence electrons. The Morgan fingerprint density at radius 1 is 0.707 bits per heavy atom. The van der Waals surface area contributed by atoms with Crippen molar-refractivity contribution in [2.75, 3.05) is 4.90 Å². The van der Waals surface area contributed by atoms with Crippen LogP contribution in [0.1, 0.15) is 50.6 Å². The Labute approximate surface area is 249 Å². The van der Waals surface area contributed by atoms with Gasteiger partial charge >= 0.3 is 0 Å². The molecule has 3 nitrogen and oxygen atoms in total. The van der Waals surface area contributed by atoms with Crippen LogP contribution in [-0.4, -0.2) is 11.6 Å². The Kier molecular flexibility index (Phi) is 5.39. The molecule has 0 fully saturated rings. The van der Waals surface area contributed by atoms with Gasteiger partial charge in [-0.25, -0.2) is 0 Å². The zero-order valence-corrected chi connectivity index (χ0v) is 24.8. The monoisotopic (exact) mass is 585 g/mol. The molecule has 0 saturated heterocycles. The maximum atomic E-state index is 12.9. The van der Waals surface area contributed by atoms with E-state index in [1.165, 1.54) is 42.3 Å². The van der Waals surface area contributed by atoms with Gasteiger partial charge in [0.25, 0.3) is 0 Å². The molecule has 0 saturated carbocycles. The van der Waals surface area contributed by atoms with Crippen molar-refractivity contribution in [3.8, 4) is 10.4 Å². The fourth-order valence-electron chi connectivity index (χ4n) is 6.17. The minimum absolute atomic E-state index is 0.158. The van der Waals surface area contributed by atoms with Crippen LogP contribution in [0.15, 0.2) is 101 Å². The standard InChI is InChI=1S/C35H23NO2S3/c1-35(2)28-15-22(36(20-9-5-3-6-10-20)21-11-7-4-8-12-21)13-14-24(28)33-30(35)34-29(41-33)17-23(40-34)16-25-31(37)26-18-39-19-27(26)32(25)38/h3-19H,1-2H3. The Hall–Kier alpha value is -4.10. The number of carbonyl (C=O) groups is 2. The Balaban J connectivity index is 1.21. The molecule has 0 N–H and O–H groups in total. The van der Waals surface area contributed by atoms with Gasteiger partial charge in [-0.1, -0.05) is 56.3 Å². The van der Waals surface area contributed by atoms with Gasteiger partial charge in [0.15, 0.2) is 11.6 Å². The van der Waals surface area contributed by atoms with Gasteiger partial charge in [-0.3, -0.25) is 9.59 Å². The normalized spacial score (nSPS) is 14.8. The quantitative estimate of drug-likeness (QED) is 0.153. The first-order valence-electron chi connectivity index (χ1n) is 13.4. The number of thiophene rings is 3. The number of anilines is 3. The second-order valence-corrected chi connectivity index (χ2v) is 13.8. The molecule has 0 amide bonds. The molecular weight excluding hydrogens is 563 g/mol. The van der Waals surface area contributed by atoms with E-state index in [0.29, 0.717) is 11.1 Å². The van der Waals surface area contributed by atoms with Crippen LogP contribution >= 0.6 is 34.0 Å². The summed E-state index contributed by atoms with van der Waals surface area (Å²) in [6.07, 6.45) is 1.80. The van der Waals surface area contributed by atoms with Crippen molar-refractivity contribution in [1.82, 2.24) is 0 Å². The van der Waals surface area contributed by atoms with E-state index in [2.05, 4.69) is 91.5 Å². The number of hydrogen-bond acceptors (Lipinski definition) is 6. The molecule has 6 aromatic rings. The van der Waals surface area contributed by atoms with E-state index in [0.717, 1.165) is 21.9 Å². The van der Waals surface area contributed by atoms with Crippen molar-refractivity contribution in [1.29, 1.82) is 0 Å². The van der Waals surface area contributed by atoms with Gasteiger partial charge in [0, 0.05) is 58.8 Å². The summed E-state index contributed by atoms with van der Waals surface area (Å²) in [5.74, 6) is -0.315. The van der Waals surface area contributed by atoms with Gasteiger partial charge in [0.2, 0.25) is 0 Å². The molecule has 0 spiro atoms. The van der Waals surface area contributed by atoms with Gasteiger partial charge in [-0.2, -0.15) is 11.3 Å². The van der Waals surface area contributed by atoms with Gasteiger partial charge in [0.1, 0.15) is 0 Å². The summed E-state index contributed by atoms with van der Waals surface area (Å²) >= 11 is 4.89. The SMILES string of the molecule is CC1(C)c2cc(N(c3ccccc3)c3ccccc3)ccc2-c2sc3cc(C=C4C(=O)c5cscc5C4=O)sc3c21. The molecule has 0 radical (unpaired) electrons. The van der Waals surface area contributed by atoms with Crippen LogP contribution in [0.3, 0.4) is 0 Å². The van der Waals surface area contributed by atoms with E-state index in [1.807, 2.05) is 23.5 Å². The predicted octanol–water partition coefficient (Wildman–Crippen LogP) is 10.3. The van der Waals surface area contributed by atoms with Gasteiger partial charge < -0.3 is 4.90 Å². The van der Waals surface area contributed by atoms with Crippen molar-refractivity contribution >= 4 is 78.1 Å². The highest BCUT2D eigenvalue weighted by Gasteiger charge is 2.40. The number of carbonyl (C=O) groups excluding carboxylic acids is 2. The number of Topliss-reactive ketones (excluding diaryl/α,β-unsaturated/α-hetero) is 2. The predicted molar refractivity (Wildman–Crippen MR) is 173 cm³/mol. The third kappa shape index (κ3) is 3.61. The summed E-state index contributed by atoms with van der Waals surface area (Å²) < 4.78 is 2.45. The number of hydrogen-bond donors (Lipinski definition) is 0. The molecule has 2 aliphatic rings. The summed E-state index contributed by atoms with van der Waals surface area (Å²) in [6.45, 7) is 4.62. The molecule has 2 aliphatic carbocycles. The lowest BCUT2D eigenvalue weighted by atomic mass is 9.82. The van der Waals surface area contributed by atoms with Crippen LogP contribution < -0.4 is 4.90 Å². The molecule has 3 heterocycles. The third-order valence-corrected chi connectivity index (χ3v) is 11.3. The van der Waals surface area contributed by atoms with Crippen LogP contribution in [0.4, 0.5) is 17.1 Å². The molecule has 0 bridgehead atoms. The first-order valence-corrected chi connectivity index (χ1v) is 16.0. The molecule has 0 unspecified atom stereocenters. The van der Waals surface area contributed by atoms with Crippen molar-refractivity contribution in [3.05, 3.63) is 128 Å². The lowest BCUT2D eigenvalue weighted by molar-refractivity contribution is 0.0990. The first kappa shape index (κ1) is 24.7. The van der Waals surface area contributed by atoms with Crippen molar-refractivity contribution in [3.63, 3.8) is 0 Å². The average Bonchev–Trinajstić information content (AvgIpc) is 3.77. The number of benzene rings is 3. The number of para-hydroxylation sites is 2. The second-order valence-electron chi connectivity index (χ2n) is 10.9. The molecule has 0 aliphatic heterocycles. The van der Waals surface area contributed by atoms with Crippen LogP contribution in [0, 0.1) is 0 Å². The maximum absolute atomic E-state index is 12.9. The molecule has 8 rings (SSSR count). The Bertz CT molecular complexity index is 1990. The lowest BCUT2D eigenvalue weighted by Gasteiger charge is -2.28. The third-order valence-electron chi connectivity index (χ3n) is 8.14. The fourth-order valence-corrected chi connectivity index (χ4v) is 9.93. The molecular formula is C35H23NO2S3. The van der Waals surface area contributed by atoms with Crippen molar-refractivity contribution in [2.24, 2.45) is 0 Å². The molecule has 3 aromatic carbocycles. The van der Waals surface area contributed by atoms with Crippen LogP contribution in [0.25, 0.3) is 25.9 Å². The second kappa shape index (κ2) is 8.95. The van der Waals surface area contributed by atoms with E-state index in [9.17, 15) is 9.59 Å². The van der Waals surface area contributed by atoms with Crippen LogP contribution in [0.2, 0.25) is 0 Å². The summed E-state index contributed by atoms with van der Waals surface area (Å²) in [6, 6.07) is 30.0. The van der Waals surface area contributed by atoms with Crippen LogP contribution in [0.5, 0.6) is 0 Å². The maximum Gasteiger partial charge on any atom is 0.198 e. The number of allylic oxidation sites excluding steroid dienone is 1. The zero-order chi connectivity index (χ0) is 27.9. The topological polar surface area (TPSA) is 37.4 Å². The number of fused-ring (bicyclic) bond motifs is 6. The minimum atomic E-state index is -0.198. The smallest absolute Gasteiger partial charge is 0.198 e. The highest BCUT2D eigenvalue weighted by molar-refractivity contribution is 7.30. The first-order chi connectivity index (χ1) is 19.9. The number of ketones is 2. The van der Waals surface area contributed by atoms with E-state index in [4.69, 9.17) is 0 Å². The fraction of sp³-hybridized carbons (Fsp3) is 0.0857.